The van der Waals surface area contributed by atoms with E-state index in [1.165, 1.54) is 18.2 Å². The summed E-state index contributed by atoms with van der Waals surface area (Å²) >= 11 is 0. The molecule has 0 aliphatic carbocycles. The van der Waals surface area contributed by atoms with Gasteiger partial charge in [-0.05, 0) is 47.6 Å². The van der Waals surface area contributed by atoms with Gasteiger partial charge in [-0.1, -0.05) is 12.2 Å². The molecule has 1 amide bonds. The minimum Gasteiger partial charge on any atom is -0.368 e. The van der Waals surface area contributed by atoms with Gasteiger partial charge < -0.3 is 10.2 Å². The number of hydrogen-bond acceptors (Lipinski definition) is 4. The molecule has 5 nitrogen and oxygen atoms in total. The van der Waals surface area contributed by atoms with E-state index in [9.17, 15) is 9.18 Å². The van der Waals surface area contributed by atoms with Gasteiger partial charge in [0, 0.05) is 44.2 Å². The molecule has 1 N–H and O–H groups in total. The topological polar surface area (TPSA) is 59.4 Å². The van der Waals surface area contributed by atoms with Gasteiger partial charge in [-0.15, -0.1) is 0 Å². The maximum Gasteiger partial charge on any atom is 0.255 e. The van der Waals surface area contributed by atoms with Crippen molar-refractivity contribution in [3.8, 4) is 6.07 Å². The predicted octanol–water partition coefficient (Wildman–Crippen LogP) is 2.68. The van der Waals surface area contributed by atoms with E-state index in [1.54, 1.807) is 17.0 Å². The van der Waals surface area contributed by atoms with E-state index in [-0.39, 0.29) is 11.5 Å². The highest BCUT2D eigenvalue weighted by atomic mass is 19.1. The fraction of sp³-hybridized carbons (Fsp3) is 0.182. The van der Waals surface area contributed by atoms with Crippen LogP contribution in [0.3, 0.4) is 0 Å². The normalized spacial score (nSPS) is 21.0. The van der Waals surface area contributed by atoms with E-state index in [0.29, 0.717) is 11.1 Å². The minimum absolute atomic E-state index is 0.217. The first-order valence-electron chi connectivity index (χ1n) is 9.14. The lowest BCUT2D eigenvalue weighted by molar-refractivity contribution is -0.122. The largest absolute Gasteiger partial charge is 0.368 e. The van der Waals surface area contributed by atoms with Gasteiger partial charge in [-0.2, -0.15) is 5.26 Å². The van der Waals surface area contributed by atoms with E-state index in [1.807, 2.05) is 36.6 Å². The number of allylic oxidation sites excluding steroid dienone is 6. The number of nitrogens with zero attached hydrogens (tertiary/aromatic N) is 3. The number of amides is 1. The van der Waals surface area contributed by atoms with Crippen LogP contribution in [-0.4, -0.2) is 41.9 Å². The molecule has 3 heterocycles. The standard InChI is InChI=1S/C22H19FN4O/c23-19-11-16(14-24)10-18(12-19)17-2-1-3-20-4-5-21(15-27(20)22(28)13-17)26-8-6-25-7-9-26/h1-5,10-13,15,25H,6-9H2/b2-1?,17-13?,20-3+. The minimum atomic E-state index is -0.504. The van der Waals surface area contributed by atoms with Crippen LogP contribution in [0.2, 0.25) is 0 Å². The Balaban J connectivity index is 1.68. The van der Waals surface area contributed by atoms with Gasteiger partial charge in [-0.25, -0.2) is 4.39 Å². The summed E-state index contributed by atoms with van der Waals surface area (Å²) in [6.45, 7) is 3.60. The molecule has 1 saturated heterocycles. The average molecular weight is 374 g/mol. The van der Waals surface area contributed by atoms with E-state index in [4.69, 9.17) is 5.26 Å². The maximum atomic E-state index is 13.8. The Morgan fingerprint density at radius 1 is 1.07 bits per heavy atom. The summed E-state index contributed by atoms with van der Waals surface area (Å²) in [7, 11) is 0. The van der Waals surface area contributed by atoms with Crippen molar-refractivity contribution in [2.24, 2.45) is 0 Å². The summed E-state index contributed by atoms with van der Waals surface area (Å²) in [5, 5.41) is 12.4. The third kappa shape index (κ3) is 3.66. The zero-order valence-corrected chi connectivity index (χ0v) is 15.2. The molecule has 3 aliphatic heterocycles. The summed E-state index contributed by atoms with van der Waals surface area (Å²) in [6, 6.07) is 6.03. The number of carbonyl (C=O) groups excluding carboxylic acids is 1. The van der Waals surface area contributed by atoms with E-state index in [0.717, 1.165) is 37.6 Å². The lowest BCUT2D eigenvalue weighted by Crippen LogP contribution is -2.43. The molecule has 0 aromatic heterocycles. The van der Waals surface area contributed by atoms with Crippen molar-refractivity contribution in [3.63, 3.8) is 0 Å². The van der Waals surface area contributed by atoms with E-state index in [2.05, 4.69) is 10.2 Å². The molecule has 0 radical (unpaired) electrons. The summed E-state index contributed by atoms with van der Waals surface area (Å²) in [5.41, 5.74) is 3.04. The molecular formula is C22H19FN4O. The van der Waals surface area contributed by atoms with Crippen LogP contribution in [0.5, 0.6) is 0 Å². The highest BCUT2D eigenvalue weighted by molar-refractivity contribution is 6.00. The van der Waals surface area contributed by atoms with Gasteiger partial charge in [0.05, 0.1) is 17.3 Å². The quantitative estimate of drug-likeness (QED) is 0.865. The Kier molecular flexibility index (Phi) is 4.92. The van der Waals surface area contributed by atoms with Crippen molar-refractivity contribution in [2.45, 2.75) is 0 Å². The molecule has 0 atom stereocenters. The molecule has 3 aliphatic rings. The van der Waals surface area contributed by atoms with Gasteiger partial charge in [0.15, 0.2) is 0 Å². The number of piperazine rings is 1. The van der Waals surface area contributed by atoms with Gasteiger partial charge >= 0.3 is 0 Å². The summed E-state index contributed by atoms with van der Waals surface area (Å²) in [4.78, 5) is 16.8. The molecule has 0 saturated carbocycles. The zero-order valence-electron chi connectivity index (χ0n) is 15.2. The third-order valence-corrected chi connectivity index (χ3v) is 4.87. The molecule has 6 heteroatoms. The predicted molar refractivity (Wildman–Crippen MR) is 105 cm³/mol. The van der Waals surface area contributed by atoms with Crippen molar-refractivity contribution in [3.05, 3.63) is 89.2 Å². The summed E-state index contributed by atoms with van der Waals surface area (Å²) in [6.07, 6.45) is 12.7. The average Bonchev–Trinajstić information content (AvgIpc) is 2.71. The summed E-state index contributed by atoms with van der Waals surface area (Å²) < 4.78 is 13.8. The molecule has 1 aromatic rings. The maximum absolute atomic E-state index is 13.8. The van der Waals surface area contributed by atoms with Crippen molar-refractivity contribution >= 4 is 11.5 Å². The zero-order chi connectivity index (χ0) is 19.5. The first-order valence-corrected chi connectivity index (χ1v) is 9.14. The van der Waals surface area contributed by atoms with Crippen LogP contribution in [0.15, 0.2) is 72.2 Å². The Hall–Kier alpha value is -3.43. The van der Waals surface area contributed by atoms with Crippen molar-refractivity contribution in [2.75, 3.05) is 26.2 Å². The molecule has 1 aromatic carbocycles. The number of rotatable bonds is 2. The van der Waals surface area contributed by atoms with Crippen LogP contribution in [0.25, 0.3) is 5.57 Å². The van der Waals surface area contributed by atoms with Crippen LogP contribution in [0.1, 0.15) is 11.1 Å². The van der Waals surface area contributed by atoms with Crippen LogP contribution >= 0.6 is 0 Å². The second-order valence-corrected chi connectivity index (χ2v) is 6.72. The SMILES string of the molecule is N#Cc1cc(F)cc(C2=CC(=O)N3C=C(N4CCNCC4)C=C/C3=C\C=C2)c1. The monoisotopic (exact) mass is 374 g/mol. The third-order valence-electron chi connectivity index (χ3n) is 4.87. The van der Waals surface area contributed by atoms with Gasteiger partial charge in [0.25, 0.3) is 5.91 Å². The fourth-order valence-corrected chi connectivity index (χ4v) is 3.44. The Morgan fingerprint density at radius 2 is 1.86 bits per heavy atom. The van der Waals surface area contributed by atoms with Gasteiger partial charge in [-0.3, -0.25) is 9.69 Å². The molecule has 0 unspecified atom stereocenters. The Morgan fingerprint density at radius 3 is 2.64 bits per heavy atom. The summed E-state index contributed by atoms with van der Waals surface area (Å²) in [5.74, 6) is -0.721. The van der Waals surface area contributed by atoms with Crippen molar-refractivity contribution < 1.29 is 9.18 Å². The lowest BCUT2D eigenvalue weighted by atomic mass is 10.0. The smallest absolute Gasteiger partial charge is 0.255 e. The van der Waals surface area contributed by atoms with Crippen LogP contribution in [0.4, 0.5) is 4.39 Å². The number of hydrogen-bond donors (Lipinski definition) is 1. The first kappa shape index (κ1) is 18.0. The number of fused-ring (bicyclic) bond motifs is 1. The lowest BCUT2D eigenvalue weighted by Gasteiger charge is -2.33. The van der Waals surface area contributed by atoms with E-state index >= 15 is 0 Å². The fourth-order valence-electron chi connectivity index (χ4n) is 3.44. The van der Waals surface area contributed by atoms with Crippen LogP contribution in [0, 0.1) is 17.1 Å². The highest BCUT2D eigenvalue weighted by Crippen LogP contribution is 2.26. The molecule has 140 valence electrons. The second kappa shape index (κ2) is 7.67. The molecule has 0 bridgehead atoms. The molecule has 4 rings (SSSR count). The first-order chi connectivity index (χ1) is 13.6. The van der Waals surface area contributed by atoms with Crippen molar-refractivity contribution in [1.82, 2.24) is 15.1 Å². The van der Waals surface area contributed by atoms with Gasteiger partial charge in [0.2, 0.25) is 0 Å². The van der Waals surface area contributed by atoms with Crippen LogP contribution in [-0.2, 0) is 4.79 Å². The second-order valence-electron chi connectivity index (χ2n) is 6.72. The van der Waals surface area contributed by atoms with E-state index < -0.39 is 5.82 Å². The Bertz CT molecular complexity index is 1000. The molecule has 1 fully saturated rings. The molecular weight excluding hydrogens is 355 g/mol. The molecule has 28 heavy (non-hydrogen) atoms. The van der Waals surface area contributed by atoms with Gasteiger partial charge in [0.1, 0.15) is 5.82 Å². The number of nitrogens with one attached hydrogen (secondary N) is 1. The Labute approximate surface area is 163 Å². The van der Waals surface area contributed by atoms with Crippen LogP contribution < -0.4 is 5.32 Å². The number of benzene rings is 1. The number of nitriles is 1. The van der Waals surface area contributed by atoms with Crippen molar-refractivity contribution in [1.29, 1.82) is 5.26 Å². The highest BCUT2D eigenvalue weighted by Gasteiger charge is 2.21. The number of halogens is 1. The molecule has 0 spiro atoms. The number of carbonyl (C=O) groups is 1.